The molecule has 0 amide bonds. The predicted octanol–water partition coefficient (Wildman–Crippen LogP) is 4.11. The van der Waals surface area contributed by atoms with Crippen molar-refractivity contribution in [2.75, 3.05) is 6.61 Å². The number of aromatic nitrogens is 1. The van der Waals surface area contributed by atoms with Crippen LogP contribution in [0.25, 0.3) is 6.08 Å². The predicted molar refractivity (Wildman–Crippen MR) is 123 cm³/mol. The zero-order valence-electron chi connectivity index (χ0n) is 16.8. The molecule has 2 heterocycles. The SMILES string of the molecule is CCOC(=O)C1=C(C)N=c2s/c(=C/c3ccc(Cl)cc3)c(=O)n2C1c1ccccc1Cl. The minimum atomic E-state index is -0.726. The van der Waals surface area contributed by atoms with E-state index in [0.717, 1.165) is 5.56 Å². The molecule has 0 radical (unpaired) electrons. The molecule has 31 heavy (non-hydrogen) atoms. The fraction of sp³-hybridized carbons (Fsp3) is 0.174. The van der Waals surface area contributed by atoms with Crippen LogP contribution in [0.4, 0.5) is 0 Å². The van der Waals surface area contributed by atoms with Crippen molar-refractivity contribution in [3.05, 3.63) is 101 Å². The molecule has 0 saturated carbocycles. The molecular formula is C23H18Cl2N2O3S. The lowest BCUT2D eigenvalue weighted by Gasteiger charge is -2.25. The van der Waals surface area contributed by atoms with Gasteiger partial charge in [-0.1, -0.05) is 64.9 Å². The second-order valence-electron chi connectivity index (χ2n) is 6.88. The molecule has 1 atom stereocenters. The largest absolute Gasteiger partial charge is 0.463 e. The molecule has 1 aliphatic rings. The van der Waals surface area contributed by atoms with Gasteiger partial charge in [0.15, 0.2) is 4.80 Å². The molecule has 1 aromatic heterocycles. The van der Waals surface area contributed by atoms with Gasteiger partial charge in [0.1, 0.15) is 6.04 Å². The Labute approximate surface area is 192 Å². The lowest BCUT2D eigenvalue weighted by Crippen LogP contribution is -2.40. The first-order valence-corrected chi connectivity index (χ1v) is 11.2. The first kappa shape index (κ1) is 21.6. The van der Waals surface area contributed by atoms with Gasteiger partial charge in [0.2, 0.25) is 0 Å². The third-order valence-electron chi connectivity index (χ3n) is 4.88. The molecule has 1 unspecified atom stereocenters. The van der Waals surface area contributed by atoms with Crippen LogP contribution in [-0.2, 0) is 9.53 Å². The molecule has 0 N–H and O–H groups in total. The third-order valence-corrected chi connectivity index (χ3v) is 6.46. The molecule has 8 heteroatoms. The van der Waals surface area contributed by atoms with E-state index in [1.54, 1.807) is 50.3 Å². The van der Waals surface area contributed by atoms with Crippen molar-refractivity contribution in [2.45, 2.75) is 19.9 Å². The average molecular weight is 473 g/mol. The van der Waals surface area contributed by atoms with Crippen molar-refractivity contribution >= 4 is 46.6 Å². The fourth-order valence-corrected chi connectivity index (χ4v) is 4.90. The quantitative estimate of drug-likeness (QED) is 0.536. The molecule has 0 aliphatic carbocycles. The molecule has 0 fully saturated rings. The lowest BCUT2D eigenvalue weighted by molar-refractivity contribution is -0.139. The number of carbonyl (C=O) groups is 1. The monoisotopic (exact) mass is 472 g/mol. The molecule has 4 rings (SSSR count). The second kappa shape index (κ2) is 8.83. The van der Waals surface area contributed by atoms with Crippen LogP contribution >= 0.6 is 34.5 Å². The highest BCUT2D eigenvalue weighted by molar-refractivity contribution is 7.07. The van der Waals surface area contributed by atoms with Gasteiger partial charge in [-0.05, 0) is 49.2 Å². The fourth-order valence-electron chi connectivity index (χ4n) is 3.49. The Morgan fingerprint density at radius 2 is 1.90 bits per heavy atom. The standard InChI is InChI=1S/C23H18Cl2N2O3S/c1-3-30-22(29)19-13(2)26-23-27(20(19)16-6-4-5-7-17(16)25)21(28)18(31-23)12-14-8-10-15(24)11-9-14/h4-12,20H,3H2,1-2H3/b18-12+. The summed E-state index contributed by atoms with van der Waals surface area (Å²) in [5.74, 6) is -0.513. The summed E-state index contributed by atoms with van der Waals surface area (Å²) in [7, 11) is 0. The number of allylic oxidation sites excluding steroid dienone is 1. The molecule has 0 spiro atoms. The number of carbonyl (C=O) groups excluding carboxylic acids is 1. The molecule has 158 valence electrons. The topological polar surface area (TPSA) is 60.7 Å². The molecule has 5 nitrogen and oxygen atoms in total. The lowest BCUT2D eigenvalue weighted by atomic mass is 9.96. The average Bonchev–Trinajstić information content (AvgIpc) is 3.04. The van der Waals surface area contributed by atoms with Crippen molar-refractivity contribution in [1.82, 2.24) is 4.57 Å². The highest BCUT2D eigenvalue weighted by Gasteiger charge is 2.34. The van der Waals surface area contributed by atoms with E-state index >= 15 is 0 Å². The number of nitrogens with zero attached hydrogens (tertiary/aromatic N) is 2. The number of hydrogen-bond acceptors (Lipinski definition) is 5. The van der Waals surface area contributed by atoms with E-state index in [2.05, 4.69) is 4.99 Å². The van der Waals surface area contributed by atoms with Crippen LogP contribution in [0.3, 0.4) is 0 Å². The summed E-state index contributed by atoms with van der Waals surface area (Å²) in [5.41, 5.74) is 2.03. The molecule has 0 saturated heterocycles. The molecule has 2 aromatic carbocycles. The van der Waals surface area contributed by atoms with Gasteiger partial charge in [0.25, 0.3) is 5.56 Å². The van der Waals surface area contributed by atoms with Crippen LogP contribution in [0, 0.1) is 0 Å². The van der Waals surface area contributed by atoms with Crippen molar-refractivity contribution in [3.8, 4) is 0 Å². The van der Waals surface area contributed by atoms with E-state index < -0.39 is 12.0 Å². The minimum Gasteiger partial charge on any atom is -0.463 e. The van der Waals surface area contributed by atoms with Gasteiger partial charge in [0.05, 0.1) is 22.4 Å². The maximum atomic E-state index is 13.5. The summed E-state index contributed by atoms with van der Waals surface area (Å²) in [6, 6.07) is 13.6. The number of thiazole rings is 1. The van der Waals surface area contributed by atoms with Crippen LogP contribution < -0.4 is 14.9 Å². The van der Waals surface area contributed by atoms with Gasteiger partial charge >= 0.3 is 5.97 Å². The zero-order chi connectivity index (χ0) is 22.1. The smallest absolute Gasteiger partial charge is 0.338 e. The van der Waals surface area contributed by atoms with Crippen LogP contribution in [0.5, 0.6) is 0 Å². The number of ether oxygens (including phenoxy) is 1. The Kier molecular flexibility index (Phi) is 6.14. The van der Waals surface area contributed by atoms with Crippen molar-refractivity contribution in [1.29, 1.82) is 0 Å². The summed E-state index contributed by atoms with van der Waals surface area (Å²) in [5, 5.41) is 1.07. The summed E-state index contributed by atoms with van der Waals surface area (Å²) in [6.45, 7) is 3.69. The maximum absolute atomic E-state index is 13.5. The summed E-state index contributed by atoms with van der Waals surface area (Å²) < 4.78 is 7.30. The Bertz CT molecular complexity index is 1370. The van der Waals surface area contributed by atoms with Crippen LogP contribution in [0.2, 0.25) is 10.0 Å². The normalized spacial score (nSPS) is 16.1. The first-order chi connectivity index (χ1) is 14.9. The third kappa shape index (κ3) is 4.11. The van der Waals surface area contributed by atoms with Gasteiger partial charge < -0.3 is 4.74 Å². The molecule has 0 bridgehead atoms. The van der Waals surface area contributed by atoms with Crippen molar-refractivity contribution < 1.29 is 9.53 Å². The molecular weight excluding hydrogens is 455 g/mol. The van der Waals surface area contributed by atoms with E-state index in [9.17, 15) is 9.59 Å². The van der Waals surface area contributed by atoms with Crippen LogP contribution in [-0.4, -0.2) is 17.1 Å². The highest BCUT2D eigenvalue weighted by atomic mass is 35.5. The Morgan fingerprint density at radius 1 is 1.19 bits per heavy atom. The van der Waals surface area contributed by atoms with Crippen molar-refractivity contribution in [2.24, 2.45) is 4.99 Å². The number of hydrogen-bond donors (Lipinski definition) is 0. The Balaban J connectivity index is 1.97. The van der Waals surface area contributed by atoms with Crippen molar-refractivity contribution in [3.63, 3.8) is 0 Å². The van der Waals surface area contributed by atoms with E-state index in [4.69, 9.17) is 27.9 Å². The summed E-state index contributed by atoms with van der Waals surface area (Å²) in [4.78, 5) is 31.3. The zero-order valence-corrected chi connectivity index (χ0v) is 19.1. The van der Waals surface area contributed by atoms with Gasteiger partial charge in [-0.15, -0.1) is 0 Å². The first-order valence-electron chi connectivity index (χ1n) is 9.60. The second-order valence-corrected chi connectivity index (χ2v) is 8.73. The number of rotatable bonds is 4. The Hall–Kier alpha value is -2.67. The number of fused-ring (bicyclic) bond motifs is 1. The van der Waals surface area contributed by atoms with Gasteiger partial charge in [0, 0.05) is 10.0 Å². The van der Waals surface area contributed by atoms with E-state index in [0.29, 0.717) is 36.2 Å². The number of halogens is 2. The maximum Gasteiger partial charge on any atom is 0.338 e. The van der Waals surface area contributed by atoms with E-state index in [1.807, 2.05) is 18.2 Å². The molecule has 1 aliphatic heterocycles. The van der Waals surface area contributed by atoms with Crippen LogP contribution in [0.15, 0.2) is 69.6 Å². The van der Waals surface area contributed by atoms with E-state index in [1.165, 1.54) is 15.9 Å². The van der Waals surface area contributed by atoms with E-state index in [-0.39, 0.29) is 12.2 Å². The van der Waals surface area contributed by atoms with Crippen LogP contribution in [0.1, 0.15) is 31.0 Å². The van der Waals surface area contributed by atoms with Gasteiger partial charge in [-0.2, -0.15) is 0 Å². The van der Waals surface area contributed by atoms with Gasteiger partial charge in [-0.25, -0.2) is 9.79 Å². The Morgan fingerprint density at radius 3 is 2.58 bits per heavy atom. The summed E-state index contributed by atoms with van der Waals surface area (Å²) in [6.07, 6.45) is 1.78. The van der Waals surface area contributed by atoms with Gasteiger partial charge in [-0.3, -0.25) is 9.36 Å². The number of esters is 1. The highest BCUT2D eigenvalue weighted by Crippen LogP contribution is 2.34. The number of benzene rings is 2. The summed E-state index contributed by atoms with van der Waals surface area (Å²) >= 11 is 13.7. The molecule has 3 aromatic rings. The minimum absolute atomic E-state index is 0.214.